The Kier molecular flexibility index (Phi) is 5.75. The highest BCUT2D eigenvalue weighted by atomic mass is 16.3. The fourth-order valence-corrected chi connectivity index (χ4v) is 5.33. The summed E-state index contributed by atoms with van der Waals surface area (Å²) in [7, 11) is 0. The quantitative estimate of drug-likeness (QED) is 0.248. The van der Waals surface area contributed by atoms with Crippen molar-refractivity contribution in [1.82, 2.24) is 14.5 Å². The smallest absolute Gasteiger partial charge is 0.146 e. The van der Waals surface area contributed by atoms with Gasteiger partial charge in [-0.3, -0.25) is 9.47 Å². The summed E-state index contributed by atoms with van der Waals surface area (Å²) < 4.78 is 2.04. The average Bonchev–Trinajstić information content (AvgIpc) is 3.32. The molecule has 0 fully saturated rings. The van der Waals surface area contributed by atoms with Gasteiger partial charge in [0.1, 0.15) is 17.2 Å². The fraction of sp³-hybridized carbons (Fsp3) is 0.0286. The van der Waals surface area contributed by atoms with Crippen molar-refractivity contribution in [2.24, 2.45) is 0 Å². The molecule has 0 aliphatic carbocycles. The molecule has 0 saturated heterocycles. The Morgan fingerprint density at radius 2 is 1.45 bits per heavy atom. The first kappa shape index (κ1) is 23.7. The summed E-state index contributed by atoms with van der Waals surface area (Å²) in [5, 5.41) is 12.9. The summed E-state index contributed by atoms with van der Waals surface area (Å²) in [6.45, 7) is 2.08. The van der Waals surface area contributed by atoms with Crippen LogP contribution in [0.4, 0.5) is 17.2 Å². The van der Waals surface area contributed by atoms with Crippen LogP contribution >= 0.6 is 0 Å². The number of hydrogen-bond acceptors (Lipinski definition) is 4. The van der Waals surface area contributed by atoms with Gasteiger partial charge in [0.05, 0.1) is 16.9 Å². The second-order valence-corrected chi connectivity index (χ2v) is 9.82. The van der Waals surface area contributed by atoms with Crippen molar-refractivity contribution in [2.45, 2.75) is 6.92 Å². The number of para-hydroxylation sites is 4. The maximum absolute atomic E-state index is 10.8. The number of hydrogen-bond donors (Lipinski definition) is 1. The van der Waals surface area contributed by atoms with E-state index in [0.717, 1.165) is 55.9 Å². The van der Waals surface area contributed by atoms with Gasteiger partial charge in [-0.2, -0.15) is 0 Å². The van der Waals surface area contributed by atoms with Gasteiger partial charge in [0.2, 0.25) is 0 Å². The number of rotatable bonds is 5. The minimum Gasteiger partial charge on any atom is -0.506 e. The summed E-state index contributed by atoms with van der Waals surface area (Å²) >= 11 is 0. The third kappa shape index (κ3) is 4.05. The molecule has 5 nitrogen and oxygen atoms in total. The Morgan fingerprint density at radius 1 is 0.675 bits per heavy atom. The van der Waals surface area contributed by atoms with Crippen molar-refractivity contribution in [3.05, 3.63) is 139 Å². The SMILES string of the molecule is Cc1ccnc(N(c2ccccc2)c2cccc(-c3ccc4c5ccccc5n(-c5ccccc5O)c4n3)c2)c1. The predicted molar refractivity (Wildman–Crippen MR) is 163 cm³/mol. The summed E-state index contributed by atoms with van der Waals surface area (Å²) in [6.07, 6.45) is 1.85. The maximum Gasteiger partial charge on any atom is 0.146 e. The Bertz CT molecular complexity index is 1990. The molecule has 0 radical (unpaired) electrons. The van der Waals surface area contributed by atoms with Gasteiger partial charge in [-0.1, -0.05) is 60.7 Å². The molecule has 0 aliphatic rings. The molecule has 3 aromatic heterocycles. The van der Waals surface area contributed by atoms with Crippen molar-refractivity contribution < 1.29 is 5.11 Å². The molecule has 0 unspecified atom stereocenters. The number of phenols is 1. The molecule has 5 heteroatoms. The Labute approximate surface area is 232 Å². The second kappa shape index (κ2) is 9.71. The van der Waals surface area contributed by atoms with E-state index in [1.807, 2.05) is 65.4 Å². The lowest BCUT2D eigenvalue weighted by molar-refractivity contribution is 0.473. The zero-order valence-electron chi connectivity index (χ0n) is 21.9. The Morgan fingerprint density at radius 3 is 2.30 bits per heavy atom. The van der Waals surface area contributed by atoms with Crippen molar-refractivity contribution >= 4 is 39.1 Å². The molecule has 1 N–H and O–H groups in total. The molecule has 0 bridgehead atoms. The lowest BCUT2D eigenvalue weighted by Gasteiger charge is -2.25. The van der Waals surface area contributed by atoms with Gasteiger partial charge in [-0.05, 0) is 79.2 Å². The standard InChI is InChI=1S/C35H26N4O/c1-24-20-21-36-34(22-24)38(26-11-3-2-4-12-26)27-13-9-10-25(23-27)30-19-18-29-28-14-5-6-15-31(28)39(35(29)37-30)32-16-7-8-17-33(32)40/h2-23,40H,1H3. The van der Waals surface area contributed by atoms with Crippen LogP contribution in [0.1, 0.15) is 5.56 Å². The third-order valence-corrected chi connectivity index (χ3v) is 7.19. The van der Waals surface area contributed by atoms with Gasteiger partial charge < -0.3 is 5.11 Å². The maximum atomic E-state index is 10.8. The zero-order chi connectivity index (χ0) is 27.1. The molecule has 40 heavy (non-hydrogen) atoms. The van der Waals surface area contributed by atoms with E-state index in [1.165, 1.54) is 0 Å². The highest BCUT2D eigenvalue weighted by molar-refractivity contribution is 6.08. The number of benzene rings is 4. The molecular formula is C35H26N4O. The minimum absolute atomic E-state index is 0.212. The average molecular weight is 519 g/mol. The second-order valence-electron chi connectivity index (χ2n) is 9.82. The van der Waals surface area contributed by atoms with E-state index < -0.39 is 0 Å². The van der Waals surface area contributed by atoms with Gasteiger partial charge in [0.25, 0.3) is 0 Å². The highest BCUT2D eigenvalue weighted by Gasteiger charge is 2.18. The molecule has 7 rings (SSSR count). The van der Waals surface area contributed by atoms with E-state index in [1.54, 1.807) is 6.07 Å². The van der Waals surface area contributed by atoms with Crippen LogP contribution in [0.2, 0.25) is 0 Å². The summed E-state index contributed by atoms with van der Waals surface area (Å²) in [5.74, 6) is 1.06. The molecular weight excluding hydrogens is 492 g/mol. The first-order chi connectivity index (χ1) is 19.7. The van der Waals surface area contributed by atoms with Crippen LogP contribution in [0.3, 0.4) is 0 Å². The molecule has 192 valence electrons. The number of nitrogens with zero attached hydrogens (tertiary/aromatic N) is 4. The van der Waals surface area contributed by atoms with Crippen molar-refractivity contribution in [3.8, 4) is 22.7 Å². The molecule has 0 saturated carbocycles. The van der Waals surface area contributed by atoms with Gasteiger partial charge in [-0.25, -0.2) is 9.97 Å². The topological polar surface area (TPSA) is 54.2 Å². The van der Waals surface area contributed by atoms with Crippen molar-refractivity contribution in [2.75, 3.05) is 4.90 Å². The van der Waals surface area contributed by atoms with Gasteiger partial charge in [0.15, 0.2) is 0 Å². The van der Waals surface area contributed by atoms with E-state index in [-0.39, 0.29) is 5.75 Å². The largest absolute Gasteiger partial charge is 0.506 e. The summed E-state index contributed by atoms with van der Waals surface area (Å²) in [5.41, 5.74) is 7.50. The minimum atomic E-state index is 0.212. The van der Waals surface area contributed by atoms with Crippen LogP contribution in [-0.2, 0) is 0 Å². The van der Waals surface area contributed by atoms with E-state index in [2.05, 4.69) is 78.6 Å². The van der Waals surface area contributed by atoms with E-state index >= 15 is 0 Å². The lowest BCUT2D eigenvalue weighted by atomic mass is 10.1. The third-order valence-electron chi connectivity index (χ3n) is 7.19. The van der Waals surface area contributed by atoms with Gasteiger partial charge in [0, 0.05) is 33.9 Å². The van der Waals surface area contributed by atoms with Gasteiger partial charge >= 0.3 is 0 Å². The molecule has 0 atom stereocenters. The number of anilines is 3. The first-order valence-corrected chi connectivity index (χ1v) is 13.2. The molecule has 0 spiro atoms. The number of fused-ring (bicyclic) bond motifs is 3. The summed E-state index contributed by atoms with van der Waals surface area (Å²) in [4.78, 5) is 12.0. The normalized spacial score (nSPS) is 11.2. The van der Waals surface area contributed by atoms with Crippen LogP contribution in [0, 0.1) is 6.92 Å². The van der Waals surface area contributed by atoms with Crippen LogP contribution in [0.15, 0.2) is 134 Å². The van der Waals surface area contributed by atoms with E-state index in [9.17, 15) is 5.11 Å². The summed E-state index contributed by atoms with van der Waals surface area (Å²) in [6, 6.07) is 42.6. The predicted octanol–water partition coefficient (Wildman–Crippen LogP) is 8.72. The van der Waals surface area contributed by atoms with E-state index in [4.69, 9.17) is 9.97 Å². The number of aromatic hydroxyl groups is 1. The molecule has 3 heterocycles. The monoisotopic (exact) mass is 518 g/mol. The van der Waals surface area contributed by atoms with Crippen molar-refractivity contribution in [1.29, 1.82) is 0 Å². The zero-order valence-corrected chi connectivity index (χ0v) is 21.9. The lowest BCUT2D eigenvalue weighted by Crippen LogP contribution is -2.11. The molecule has 7 aromatic rings. The number of phenolic OH excluding ortho intramolecular Hbond substituents is 1. The number of aromatic nitrogens is 3. The number of aryl methyl sites for hydroxylation is 1. The highest BCUT2D eigenvalue weighted by Crippen LogP contribution is 2.38. The van der Waals surface area contributed by atoms with Crippen LogP contribution in [0.5, 0.6) is 5.75 Å². The Hall–Kier alpha value is -5.42. The van der Waals surface area contributed by atoms with E-state index in [0.29, 0.717) is 5.69 Å². The van der Waals surface area contributed by atoms with Crippen LogP contribution < -0.4 is 4.90 Å². The van der Waals surface area contributed by atoms with Gasteiger partial charge in [-0.15, -0.1) is 0 Å². The van der Waals surface area contributed by atoms with Crippen molar-refractivity contribution in [3.63, 3.8) is 0 Å². The van der Waals surface area contributed by atoms with Crippen LogP contribution in [0.25, 0.3) is 38.9 Å². The Balaban J connectivity index is 1.41. The molecule has 0 amide bonds. The molecule has 4 aromatic carbocycles. The number of pyridine rings is 2. The fourth-order valence-electron chi connectivity index (χ4n) is 5.33. The first-order valence-electron chi connectivity index (χ1n) is 13.2. The van der Waals surface area contributed by atoms with Crippen LogP contribution in [-0.4, -0.2) is 19.6 Å². The molecule has 0 aliphatic heterocycles.